The molecule has 0 spiro atoms. The topological polar surface area (TPSA) is 53.5 Å². The van der Waals surface area contributed by atoms with Crippen LogP contribution in [0.3, 0.4) is 0 Å². The molecule has 0 radical (unpaired) electrons. The molecule has 0 aromatic heterocycles. The monoisotopic (exact) mass is 211 g/mol. The Morgan fingerprint density at radius 3 is 2.73 bits per heavy atom. The Balaban J connectivity index is 2.12. The van der Waals surface area contributed by atoms with Crippen molar-refractivity contribution in [2.75, 3.05) is 13.1 Å². The number of nitrogens with one attached hydrogen (secondary N) is 2. The van der Waals surface area contributed by atoms with Crippen LogP contribution in [0.5, 0.6) is 0 Å². The molecule has 4 nitrogen and oxygen atoms in total. The minimum absolute atomic E-state index is 0.0913. The molecule has 0 saturated carbocycles. The summed E-state index contributed by atoms with van der Waals surface area (Å²) in [6.07, 6.45) is 2.67. The average molecular weight is 211 g/mol. The maximum atomic E-state index is 11.4. The van der Waals surface area contributed by atoms with Crippen molar-refractivity contribution in [3.63, 3.8) is 0 Å². The Bertz CT molecular complexity index is 253. The van der Waals surface area contributed by atoms with Crippen molar-refractivity contribution >= 4 is 11.7 Å². The number of hydrogen-bond donors (Lipinski definition) is 2. The van der Waals surface area contributed by atoms with Crippen molar-refractivity contribution in [3.8, 4) is 0 Å². The molecule has 1 rings (SSSR count). The standard InChI is InChI=1S/C11H21N3O/c1-11(2,3)14-10(15)6-8-13-9-5-4-7-12-9/h4-8H2,1-3H3,(H,12,13)(H,14,15). The molecule has 1 heterocycles. The van der Waals surface area contributed by atoms with Gasteiger partial charge in [-0.3, -0.25) is 9.79 Å². The van der Waals surface area contributed by atoms with E-state index in [4.69, 9.17) is 0 Å². The van der Waals surface area contributed by atoms with E-state index in [0.29, 0.717) is 13.0 Å². The van der Waals surface area contributed by atoms with Crippen molar-refractivity contribution < 1.29 is 4.79 Å². The highest BCUT2D eigenvalue weighted by atomic mass is 16.1. The second-order valence-corrected chi connectivity index (χ2v) is 4.91. The summed E-state index contributed by atoms with van der Waals surface area (Å²) in [5.74, 6) is 1.15. The maximum absolute atomic E-state index is 11.4. The molecule has 0 unspecified atom stereocenters. The molecule has 0 aromatic rings. The fourth-order valence-electron chi connectivity index (χ4n) is 1.48. The summed E-state index contributed by atoms with van der Waals surface area (Å²) in [7, 11) is 0. The van der Waals surface area contributed by atoms with E-state index in [9.17, 15) is 4.79 Å². The molecule has 2 N–H and O–H groups in total. The molecule has 15 heavy (non-hydrogen) atoms. The number of hydrogen-bond acceptors (Lipinski definition) is 3. The third-order valence-corrected chi connectivity index (χ3v) is 2.07. The fourth-order valence-corrected chi connectivity index (χ4v) is 1.48. The van der Waals surface area contributed by atoms with E-state index in [-0.39, 0.29) is 11.4 Å². The third-order valence-electron chi connectivity index (χ3n) is 2.07. The van der Waals surface area contributed by atoms with Crippen LogP contribution >= 0.6 is 0 Å². The van der Waals surface area contributed by atoms with Gasteiger partial charge in [-0.25, -0.2) is 0 Å². The lowest BCUT2D eigenvalue weighted by atomic mass is 10.1. The van der Waals surface area contributed by atoms with Crippen molar-refractivity contribution in [3.05, 3.63) is 0 Å². The van der Waals surface area contributed by atoms with Gasteiger partial charge in [0.15, 0.2) is 0 Å². The van der Waals surface area contributed by atoms with Crippen molar-refractivity contribution in [1.29, 1.82) is 0 Å². The van der Waals surface area contributed by atoms with E-state index in [1.54, 1.807) is 0 Å². The largest absolute Gasteiger partial charge is 0.373 e. The van der Waals surface area contributed by atoms with Crippen LogP contribution < -0.4 is 10.6 Å². The van der Waals surface area contributed by atoms with Gasteiger partial charge in [-0.15, -0.1) is 0 Å². The van der Waals surface area contributed by atoms with E-state index < -0.39 is 0 Å². The molecular weight excluding hydrogens is 190 g/mol. The quantitative estimate of drug-likeness (QED) is 0.733. The van der Waals surface area contributed by atoms with E-state index in [2.05, 4.69) is 15.6 Å². The number of amidine groups is 1. The van der Waals surface area contributed by atoms with Crippen LogP contribution in [0.1, 0.15) is 40.0 Å². The summed E-state index contributed by atoms with van der Waals surface area (Å²) >= 11 is 0. The number of nitrogens with zero attached hydrogens (tertiary/aromatic N) is 1. The van der Waals surface area contributed by atoms with Gasteiger partial charge in [0.05, 0.1) is 5.84 Å². The van der Waals surface area contributed by atoms with Gasteiger partial charge in [0.1, 0.15) is 0 Å². The molecule has 4 heteroatoms. The van der Waals surface area contributed by atoms with Crippen LogP contribution in [0, 0.1) is 0 Å². The number of carbonyl (C=O) groups is 1. The fraction of sp³-hybridized carbons (Fsp3) is 0.818. The van der Waals surface area contributed by atoms with E-state index in [0.717, 1.165) is 25.2 Å². The highest BCUT2D eigenvalue weighted by Crippen LogP contribution is 2.01. The van der Waals surface area contributed by atoms with E-state index in [1.165, 1.54) is 0 Å². The van der Waals surface area contributed by atoms with Crippen LogP contribution in [-0.4, -0.2) is 30.4 Å². The molecule has 1 aliphatic rings. The van der Waals surface area contributed by atoms with E-state index in [1.807, 2.05) is 20.8 Å². The maximum Gasteiger partial charge on any atom is 0.222 e. The molecular formula is C11H21N3O. The molecule has 0 bridgehead atoms. The molecule has 0 aliphatic carbocycles. The lowest BCUT2D eigenvalue weighted by molar-refractivity contribution is -0.122. The first-order valence-corrected chi connectivity index (χ1v) is 5.55. The lowest BCUT2D eigenvalue weighted by Crippen LogP contribution is -2.41. The van der Waals surface area contributed by atoms with Crippen LogP contribution in [-0.2, 0) is 4.79 Å². The Morgan fingerprint density at radius 2 is 2.20 bits per heavy atom. The second-order valence-electron chi connectivity index (χ2n) is 4.91. The molecule has 0 fully saturated rings. The minimum Gasteiger partial charge on any atom is -0.373 e. The number of rotatable bonds is 3. The second kappa shape index (κ2) is 5.14. The molecule has 0 atom stereocenters. The predicted molar refractivity (Wildman–Crippen MR) is 62.1 cm³/mol. The molecule has 1 amide bonds. The summed E-state index contributed by atoms with van der Waals surface area (Å²) in [6, 6.07) is 0. The zero-order chi connectivity index (χ0) is 11.3. The van der Waals surface area contributed by atoms with Gasteiger partial charge in [0, 0.05) is 31.5 Å². The first-order chi connectivity index (χ1) is 6.97. The first-order valence-electron chi connectivity index (χ1n) is 5.55. The Hall–Kier alpha value is -1.06. The van der Waals surface area contributed by atoms with Crippen LogP contribution in [0.2, 0.25) is 0 Å². The number of amides is 1. The smallest absolute Gasteiger partial charge is 0.222 e. The normalized spacial score (nSPS) is 16.1. The first kappa shape index (κ1) is 12.0. The lowest BCUT2D eigenvalue weighted by Gasteiger charge is -2.20. The summed E-state index contributed by atoms with van der Waals surface area (Å²) < 4.78 is 0. The van der Waals surface area contributed by atoms with Gasteiger partial charge in [0.25, 0.3) is 0 Å². The Labute approximate surface area is 91.5 Å². The van der Waals surface area contributed by atoms with Crippen LogP contribution in [0.25, 0.3) is 0 Å². The summed E-state index contributed by atoms with van der Waals surface area (Å²) in [5.41, 5.74) is -0.137. The summed E-state index contributed by atoms with van der Waals surface area (Å²) in [4.78, 5) is 15.7. The van der Waals surface area contributed by atoms with E-state index >= 15 is 0 Å². The third kappa shape index (κ3) is 5.40. The zero-order valence-electron chi connectivity index (χ0n) is 9.89. The van der Waals surface area contributed by atoms with Gasteiger partial charge in [-0.05, 0) is 27.2 Å². The highest BCUT2D eigenvalue weighted by Gasteiger charge is 2.13. The van der Waals surface area contributed by atoms with Gasteiger partial charge in [-0.2, -0.15) is 0 Å². The average Bonchev–Trinajstić information content (AvgIpc) is 2.53. The van der Waals surface area contributed by atoms with Crippen LogP contribution in [0.15, 0.2) is 4.99 Å². The van der Waals surface area contributed by atoms with Gasteiger partial charge in [0.2, 0.25) is 5.91 Å². The SMILES string of the molecule is CC(C)(C)NC(=O)CCNC1=NCCC1. The predicted octanol–water partition coefficient (Wildman–Crippen LogP) is 1.07. The summed E-state index contributed by atoms with van der Waals surface area (Å²) in [6.45, 7) is 7.56. The van der Waals surface area contributed by atoms with Crippen molar-refractivity contribution in [2.24, 2.45) is 4.99 Å². The molecule has 0 aromatic carbocycles. The number of aliphatic imine (C=N–C) groups is 1. The molecule has 86 valence electrons. The minimum atomic E-state index is -0.137. The Kier molecular flexibility index (Phi) is 4.12. The number of carbonyl (C=O) groups excluding carboxylic acids is 1. The molecule has 0 saturated heterocycles. The van der Waals surface area contributed by atoms with Gasteiger partial charge >= 0.3 is 0 Å². The zero-order valence-corrected chi connectivity index (χ0v) is 9.89. The van der Waals surface area contributed by atoms with Gasteiger partial charge < -0.3 is 10.6 Å². The van der Waals surface area contributed by atoms with Crippen molar-refractivity contribution in [1.82, 2.24) is 10.6 Å². The molecule has 1 aliphatic heterocycles. The van der Waals surface area contributed by atoms with Crippen LogP contribution in [0.4, 0.5) is 0 Å². The summed E-state index contributed by atoms with van der Waals surface area (Å²) in [5, 5.41) is 6.11. The highest BCUT2D eigenvalue weighted by molar-refractivity contribution is 5.84. The van der Waals surface area contributed by atoms with Crippen molar-refractivity contribution in [2.45, 2.75) is 45.6 Å². The Morgan fingerprint density at radius 1 is 1.47 bits per heavy atom. The van der Waals surface area contributed by atoms with Gasteiger partial charge in [-0.1, -0.05) is 0 Å².